The molecule has 6 heteroatoms. The smallest absolute Gasteiger partial charge is 0.237 e. The van der Waals surface area contributed by atoms with E-state index in [1.807, 2.05) is 32.2 Å². The molecule has 1 saturated heterocycles. The Balaban J connectivity index is 0.00000220. The Morgan fingerprint density at radius 3 is 2.64 bits per heavy atom. The molecular weight excluding hydrogens is 321 g/mol. The van der Waals surface area contributed by atoms with Crippen molar-refractivity contribution in [3.8, 4) is 0 Å². The van der Waals surface area contributed by atoms with Gasteiger partial charge in [0.25, 0.3) is 0 Å². The Morgan fingerprint density at radius 2 is 2.05 bits per heavy atom. The summed E-state index contributed by atoms with van der Waals surface area (Å²) >= 11 is 0. The number of nitrogens with one attached hydrogen (secondary N) is 2. The fourth-order valence-corrected chi connectivity index (χ4v) is 2.51. The minimum absolute atomic E-state index is 0. The maximum absolute atomic E-state index is 12.3. The lowest BCUT2D eigenvalue weighted by molar-refractivity contribution is -0.126. The molecule has 4 nitrogen and oxygen atoms in total. The molecule has 126 valence electrons. The monoisotopic (exact) mass is 347 g/mol. The predicted molar refractivity (Wildman–Crippen MR) is 95.9 cm³/mol. The van der Waals surface area contributed by atoms with Crippen LogP contribution in [-0.2, 0) is 11.3 Å². The van der Waals surface area contributed by atoms with Crippen LogP contribution in [0.25, 0.3) is 0 Å². The minimum atomic E-state index is -0.114. The number of piperidine rings is 1. The topological polar surface area (TPSA) is 44.4 Å². The van der Waals surface area contributed by atoms with Gasteiger partial charge in [-0.3, -0.25) is 9.69 Å². The normalized spacial score (nSPS) is 18.8. The molecule has 1 unspecified atom stereocenters. The Hall–Kier alpha value is -0.810. The molecule has 1 aromatic rings. The van der Waals surface area contributed by atoms with E-state index < -0.39 is 0 Å². The first-order valence-electron chi connectivity index (χ1n) is 7.42. The van der Waals surface area contributed by atoms with Crippen molar-refractivity contribution in [3.63, 3.8) is 0 Å². The zero-order valence-electron chi connectivity index (χ0n) is 13.2. The molecule has 2 N–H and O–H groups in total. The van der Waals surface area contributed by atoms with E-state index in [2.05, 4.69) is 27.7 Å². The average molecular weight is 348 g/mol. The number of rotatable bonds is 5. The van der Waals surface area contributed by atoms with Crippen LogP contribution in [-0.4, -0.2) is 43.0 Å². The van der Waals surface area contributed by atoms with Crippen molar-refractivity contribution < 1.29 is 4.79 Å². The summed E-state index contributed by atoms with van der Waals surface area (Å²) in [6, 6.07) is 10.4. The predicted octanol–water partition coefficient (Wildman–Crippen LogP) is 2.22. The van der Waals surface area contributed by atoms with Gasteiger partial charge in [0.2, 0.25) is 5.91 Å². The van der Waals surface area contributed by atoms with Gasteiger partial charge in [0.15, 0.2) is 0 Å². The van der Waals surface area contributed by atoms with Gasteiger partial charge in [-0.05, 0) is 38.9 Å². The van der Waals surface area contributed by atoms with Crippen molar-refractivity contribution in [2.24, 2.45) is 0 Å². The largest absolute Gasteiger partial charge is 0.351 e. The second-order valence-corrected chi connectivity index (χ2v) is 5.63. The van der Waals surface area contributed by atoms with E-state index in [0.29, 0.717) is 0 Å². The third-order valence-electron chi connectivity index (χ3n) is 3.96. The molecule has 2 rings (SSSR count). The SMILES string of the molecule is CC(C(=O)N[C@H]1CCCNC1)N(C)Cc1ccccc1.Cl.Cl. The summed E-state index contributed by atoms with van der Waals surface area (Å²) in [5, 5.41) is 6.46. The van der Waals surface area contributed by atoms with Gasteiger partial charge >= 0.3 is 0 Å². The lowest BCUT2D eigenvalue weighted by Crippen LogP contribution is -2.51. The Morgan fingerprint density at radius 1 is 1.36 bits per heavy atom. The lowest BCUT2D eigenvalue weighted by atomic mass is 10.1. The first-order valence-corrected chi connectivity index (χ1v) is 7.42. The second kappa shape index (κ2) is 10.8. The first kappa shape index (κ1) is 21.2. The molecule has 0 saturated carbocycles. The summed E-state index contributed by atoms with van der Waals surface area (Å²) in [6.07, 6.45) is 2.22. The zero-order valence-corrected chi connectivity index (χ0v) is 14.9. The summed E-state index contributed by atoms with van der Waals surface area (Å²) in [5.41, 5.74) is 1.23. The highest BCUT2D eigenvalue weighted by atomic mass is 35.5. The van der Waals surface area contributed by atoms with E-state index in [-0.39, 0.29) is 42.8 Å². The number of amides is 1. The maximum Gasteiger partial charge on any atom is 0.237 e. The fourth-order valence-electron chi connectivity index (χ4n) is 2.51. The van der Waals surface area contributed by atoms with Crippen molar-refractivity contribution in [1.29, 1.82) is 0 Å². The molecule has 0 spiro atoms. The van der Waals surface area contributed by atoms with Crippen LogP contribution in [0.2, 0.25) is 0 Å². The molecule has 1 aliphatic heterocycles. The van der Waals surface area contributed by atoms with Gasteiger partial charge in [-0.25, -0.2) is 0 Å². The molecule has 1 fully saturated rings. The number of carbonyl (C=O) groups is 1. The molecule has 0 bridgehead atoms. The summed E-state index contributed by atoms with van der Waals surface area (Å²) < 4.78 is 0. The van der Waals surface area contributed by atoms with Gasteiger partial charge in [-0.2, -0.15) is 0 Å². The molecule has 22 heavy (non-hydrogen) atoms. The van der Waals surface area contributed by atoms with Crippen LogP contribution in [0.5, 0.6) is 0 Å². The Bertz CT molecular complexity index is 425. The second-order valence-electron chi connectivity index (χ2n) is 5.63. The van der Waals surface area contributed by atoms with E-state index in [1.165, 1.54) is 5.56 Å². The number of benzene rings is 1. The number of carbonyl (C=O) groups excluding carboxylic acids is 1. The van der Waals surface area contributed by atoms with E-state index in [4.69, 9.17) is 0 Å². The molecule has 1 aliphatic rings. The molecule has 1 aromatic carbocycles. The molecule has 1 amide bonds. The van der Waals surface area contributed by atoms with Crippen molar-refractivity contribution in [1.82, 2.24) is 15.5 Å². The van der Waals surface area contributed by atoms with Crippen molar-refractivity contribution in [2.45, 2.75) is 38.4 Å². The number of nitrogens with zero attached hydrogens (tertiary/aromatic N) is 1. The highest BCUT2D eigenvalue weighted by Gasteiger charge is 2.22. The summed E-state index contributed by atoms with van der Waals surface area (Å²) in [4.78, 5) is 14.3. The first-order chi connectivity index (χ1) is 9.66. The van der Waals surface area contributed by atoms with Gasteiger partial charge in [-0.15, -0.1) is 24.8 Å². The van der Waals surface area contributed by atoms with E-state index >= 15 is 0 Å². The van der Waals surface area contributed by atoms with Crippen LogP contribution in [0.15, 0.2) is 30.3 Å². The van der Waals surface area contributed by atoms with E-state index in [1.54, 1.807) is 0 Å². The minimum Gasteiger partial charge on any atom is -0.351 e. The molecule has 0 radical (unpaired) electrons. The number of likely N-dealkylation sites (N-methyl/N-ethyl adjacent to an activating group) is 1. The van der Waals surface area contributed by atoms with E-state index in [9.17, 15) is 4.79 Å². The van der Waals surface area contributed by atoms with E-state index in [0.717, 1.165) is 32.5 Å². The average Bonchev–Trinajstić information content (AvgIpc) is 2.48. The number of hydrogen-bond acceptors (Lipinski definition) is 3. The van der Waals surface area contributed by atoms with Crippen molar-refractivity contribution in [3.05, 3.63) is 35.9 Å². The highest BCUT2D eigenvalue weighted by Crippen LogP contribution is 2.07. The number of halogens is 2. The van der Waals surface area contributed by atoms with Crippen LogP contribution in [0, 0.1) is 0 Å². The molecule has 1 heterocycles. The maximum atomic E-state index is 12.3. The summed E-state index contributed by atoms with van der Waals surface area (Å²) in [6.45, 7) is 4.71. The molecule has 0 aliphatic carbocycles. The third-order valence-corrected chi connectivity index (χ3v) is 3.96. The quantitative estimate of drug-likeness (QED) is 0.858. The fraction of sp³-hybridized carbons (Fsp3) is 0.562. The Kier molecular flexibility index (Phi) is 10.4. The summed E-state index contributed by atoms with van der Waals surface area (Å²) in [7, 11) is 2.00. The zero-order chi connectivity index (χ0) is 14.4. The van der Waals surface area contributed by atoms with Crippen LogP contribution >= 0.6 is 24.8 Å². The number of hydrogen-bond donors (Lipinski definition) is 2. The standard InChI is InChI=1S/C16H25N3O.2ClH/c1-13(16(20)18-15-9-6-10-17-11-15)19(2)12-14-7-4-3-5-8-14;;/h3-5,7-8,13,15,17H,6,9-12H2,1-2H3,(H,18,20);2*1H/t13?,15-;;/m0../s1. The lowest BCUT2D eigenvalue weighted by Gasteiger charge is -2.28. The van der Waals surface area contributed by atoms with Crippen molar-refractivity contribution >= 4 is 30.7 Å². The van der Waals surface area contributed by atoms with Gasteiger partial charge in [0.1, 0.15) is 0 Å². The Labute approximate surface area is 145 Å². The van der Waals surface area contributed by atoms with Gasteiger partial charge < -0.3 is 10.6 Å². The van der Waals surface area contributed by atoms with Gasteiger partial charge in [0, 0.05) is 19.1 Å². The molecule has 2 atom stereocenters. The van der Waals surface area contributed by atoms with Crippen LogP contribution in [0.1, 0.15) is 25.3 Å². The van der Waals surface area contributed by atoms with Crippen LogP contribution in [0.4, 0.5) is 0 Å². The highest BCUT2D eigenvalue weighted by molar-refractivity contribution is 5.85. The van der Waals surface area contributed by atoms with Crippen molar-refractivity contribution in [2.75, 3.05) is 20.1 Å². The summed E-state index contributed by atoms with van der Waals surface area (Å²) in [5.74, 6) is 0.122. The molecular formula is C16H27Cl2N3O. The van der Waals surface area contributed by atoms with Crippen LogP contribution in [0.3, 0.4) is 0 Å². The van der Waals surface area contributed by atoms with Gasteiger partial charge in [0.05, 0.1) is 6.04 Å². The third kappa shape index (κ3) is 6.53. The van der Waals surface area contributed by atoms with Gasteiger partial charge in [-0.1, -0.05) is 30.3 Å². The molecule has 0 aromatic heterocycles. The van der Waals surface area contributed by atoms with Crippen LogP contribution < -0.4 is 10.6 Å².